The second-order valence-electron chi connectivity index (χ2n) is 5.34. The van der Waals surface area contributed by atoms with Gasteiger partial charge in [0.1, 0.15) is 5.60 Å². The molecule has 0 radical (unpaired) electrons. The van der Waals surface area contributed by atoms with Gasteiger partial charge in [-0.2, -0.15) is 0 Å². The maximum atomic E-state index is 11.4. The third kappa shape index (κ3) is 4.47. The van der Waals surface area contributed by atoms with Gasteiger partial charge in [0.2, 0.25) is 6.79 Å². The van der Waals surface area contributed by atoms with Crippen molar-refractivity contribution in [1.82, 2.24) is 5.32 Å². The van der Waals surface area contributed by atoms with Crippen LogP contribution < -0.4 is 14.8 Å². The van der Waals surface area contributed by atoms with E-state index in [4.69, 9.17) is 25.8 Å². The molecule has 0 unspecified atom stereocenters. The molecule has 1 aliphatic heterocycles. The summed E-state index contributed by atoms with van der Waals surface area (Å²) >= 11 is 6.09. The smallest absolute Gasteiger partial charge is 0.408 e. The van der Waals surface area contributed by atoms with Crippen LogP contribution in [0.15, 0.2) is 12.1 Å². The van der Waals surface area contributed by atoms with E-state index >= 15 is 0 Å². The largest absolute Gasteiger partial charge is 0.454 e. The van der Waals surface area contributed by atoms with Crippen LogP contribution in [0.3, 0.4) is 0 Å². The average Bonchev–Trinajstić information content (AvgIpc) is 2.79. The fourth-order valence-corrected chi connectivity index (χ4v) is 1.78. The summed E-state index contributed by atoms with van der Waals surface area (Å²) in [5, 5.41) is 3.02. The van der Waals surface area contributed by atoms with E-state index in [0.717, 1.165) is 0 Å². The Bertz CT molecular complexity index is 611. The number of carbonyl (C=O) groups is 1. The van der Waals surface area contributed by atoms with Crippen molar-refractivity contribution < 1.29 is 19.0 Å². The number of alkyl carbamates (subject to hydrolysis) is 1. The fourth-order valence-electron chi connectivity index (χ4n) is 1.58. The third-order valence-electron chi connectivity index (χ3n) is 2.41. The van der Waals surface area contributed by atoms with Crippen molar-refractivity contribution >= 4 is 17.7 Å². The van der Waals surface area contributed by atoms with Crippen LogP contribution in [0.1, 0.15) is 26.3 Å². The van der Waals surface area contributed by atoms with E-state index in [-0.39, 0.29) is 13.3 Å². The second-order valence-corrected chi connectivity index (χ2v) is 5.75. The lowest BCUT2D eigenvalue weighted by Crippen LogP contribution is -2.32. The molecule has 0 bridgehead atoms. The van der Waals surface area contributed by atoms with E-state index in [1.165, 1.54) is 0 Å². The number of rotatable bonds is 1. The predicted molar refractivity (Wildman–Crippen MR) is 78.7 cm³/mol. The third-order valence-corrected chi connectivity index (χ3v) is 2.72. The number of fused-ring (bicyclic) bond motifs is 1. The van der Waals surface area contributed by atoms with E-state index in [0.29, 0.717) is 22.1 Å². The first-order valence-electron chi connectivity index (χ1n) is 6.40. The highest BCUT2D eigenvalue weighted by molar-refractivity contribution is 6.32. The quantitative estimate of drug-likeness (QED) is 0.810. The van der Waals surface area contributed by atoms with Crippen LogP contribution in [0.2, 0.25) is 5.02 Å². The normalized spacial score (nSPS) is 12.4. The van der Waals surface area contributed by atoms with Crippen LogP contribution in [-0.4, -0.2) is 25.0 Å². The van der Waals surface area contributed by atoms with Gasteiger partial charge in [0, 0.05) is 17.7 Å². The number of halogens is 1. The molecular weight excluding hydrogens is 294 g/mol. The number of hydrogen-bond acceptors (Lipinski definition) is 4. The summed E-state index contributed by atoms with van der Waals surface area (Å²) in [6, 6.07) is 3.38. The zero-order valence-corrected chi connectivity index (χ0v) is 12.8. The Morgan fingerprint density at radius 2 is 2.05 bits per heavy atom. The molecule has 0 aliphatic carbocycles. The Labute approximate surface area is 128 Å². The van der Waals surface area contributed by atoms with E-state index in [2.05, 4.69) is 17.2 Å². The molecule has 0 spiro atoms. The van der Waals surface area contributed by atoms with Crippen LogP contribution in [0.4, 0.5) is 4.79 Å². The van der Waals surface area contributed by atoms with Gasteiger partial charge in [-0.25, -0.2) is 4.79 Å². The summed E-state index contributed by atoms with van der Waals surface area (Å²) in [7, 11) is 0. The molecule has 2 rings (SSSR count). The van der Waals surface area contributed by atoms with E-state index in [1.807, 2.05) is 0 Å². The van der Waals surface area contributed by atoms with Gasteiger partial charge >= 0.3 is 6.09 Å². The maximum absolute atomic E-state index is 11.4. The number of carbonyl (C=O) groups excluding carboxylic acids is 1. The van der Waals surface area contributed by atoms with Gasteiger partial charge in [-0.05, 0) is 20.8 Å². The lowest BCUT2D eigenvalue weighted by molar-refractivity contribution is 0.0535. The minimum Gasteiger partial charge on any atom is -0.454 e. The molecule has 1 amide bonds. The van der Waals surface area contributed by atoms with Crippen LogP contribution in [0, 0.1) is 11.8 Å². The molecule has 5 nitrogen and oxygen atoms in total. The molecule has 21 heavy (non-hydrogen) atoms. The number of nitrogens with one attached hydrogen (secondary N) is 1. The maximum Gasteiger partial charge on any atom is 0.408 e. The van der Waals surface area contributed by atoms with Gasteiger partial charge in [0.15, 0.2) is 11.5 Å². The minimum atomic E-state index is -0.530. The number of ether oxygens (including phenoxy) is 3. The molecule has 0 aromatic heterocycles. The van der Waals surface area contributed by atoms with Gasteiger partial charge in [-0.1, -0.05) is 23.4 Å². The molecule has 1 heterocycles. The summed E-state index contributed by atoms with van der Waals surface area (Å²) in [4.78, 5) is 11.4. The fraction of sp³-hybridized carbons (Fsp3) is 0.400. The zero-order chi connectivity index (χ0) is 15.5. The summed E-state index contributed by atoms with van der Waals surface area (Å²) in [6.45, 7) is 5.74. The van der Waals surface area contributed by atoms with Gasteiger partial charge in [0.25, 0.3) is 0 Å². The summed E-state index contributed by atoms with van der Waals surface area (Å²) < 4.78 is 15.6. The standard InChI is InChI=1S/C15H16ClNO4/c1-15(2,3)21-14(18)17-6-4-5-10-7-12-13(8-11(10)16)20-9-19-12/h7-8H,6,9H2,1-3H3,(H,17,18). The van der Waals surface area contributed by atoms with Crippen molar-refractivity contribution in [2.75, 3.05) is 13.3 Å². The highest BCUT2D eigenvalue weighted by Crippen LogP contribution is 2.36. The van der Waals surface area contributed by atoms with Crippen LogP contribution in [0.25, 0.3) is 0 Å². The van der Waals surface area contributed by atoms with Gasteiger partial charge < -0.3 is 19.5 Å². The van der Waals surface area contributed by atoms with Crippen LogP contribution >= 0.6 is 11.6 Å². The van der Waals surface area contributed by atoms with Crippen molar-refractivity contribution in [3.63, 3.8) is 0 Å². The number of amides is 1. The highest BCUT2D eigenvalue weighted by atomic mass is 35.5. The summed E-state index contributed by atoms with van der Waals surface area (Å²) in [5.74, 6) is 6.90. The van der Waals surface area contributed by atoms with Gasteiger partial charge in [-0.3, -0.25) is 0 Å². The SMILES string of the molecule is CC(C)(C)OC(=O)NCC#Cc1cc2c(cc1Cl)OCO2. The summed E-state index contributed by atoms with van der Waals surface area (Å²) in [6.07, 6.45) is -0.506. The van der Waals surface area contributed by atoms with E-state index in [9.17, 15) is 4.79 Å². The molecule has 0 saturated carbocycles. The molecule has 0 atom stereocenters. The first-order chi connectivity index (χ1) is 9.85. The van der Waals surface area contributed by atoms with E-state index in [1.54, 1.807) is 32.9 Å². The molecule has 112 valence electrons. The molecule has 1 aliphatic rings. The van der Waals surface area contributed by atoms with Gasteiger partial charge in [0.05, 0.1) is 11.6 Å². The lowest BCUT2D eigenvalue weighted by atomic mass is 10.2. The van der Waals surface area contributed by atoms with Crippen molar-refractivity contribution in [3.05, 3.63) is 22.7 Å². The zero-order valence-electron chi connectivity index (χ0n) is 12.1. The van der Waals surface area contributed by atoms with Crippen LogP contribution in [-0.2, 0) is 4.74 Å². The van der Waals surface area contributed by atoms with Crippen LogP contribution in [0.5, 0.6) is 11.5 Å². The number of hydrogen-bond donors (Lipinski definition) is 1. The molecule has 1 aromatic carbocycles. The number of benzene rings is 1. The Morgan fingerprint density at radius 3 is 2.71 bits per heavy atom. The monoisotopic (exact) mass is 309 g/mol. The summed E-state index contributed by atoms with van der Waals surface area (Å²) in [5.41, 5.74) is 0.0879. The minimum absolute atomic E-state index is 0.166. The van der Waals surface area contributed by atoms with Crippen molar-refractivity contribution in [2.45, 2.75) is 26.4 Å². The Morgan fingerprint density at radius 1 is 1.38 bits per heavy atom. The predicted octanol–water partition coefficient (Wildman–Crippen LogP) is 2.94. The Balaban J connectivity index is 1.93. The molecule has 0 saturated heterocycles. The first-order valence-corrected chi connectivity index (χ1v) is 6.78. The Hall–Kier alpha value is -2.06. The molecular formula is C15H16ClNO4. The molecule has 1 N–H and O–H groups in total. The van der Waals surface area contributed by atoms with E-state index < -0.39 is 11.7 Å². The topological polar surface area (TPSA) is 56.8 Å². The average molecular weight is 310 g/mol. The molecule has 0 fully saturated rings. The van der Waals surface area contributed by atoms with Crippen molar-refractivity contribution in [2.24, 2.45) is 0 Å². The second kappa shape index (κ2) is 6.15. The lowest BCUT2D eigenvalue weighted by Gasteiger charge is -2.19. The van der Waals surface area contributed by atoms with Crippen molar-refractivity contribution in [1.29, 1.82) is 0 Å². The van der Waals surface area contributed by atoms with Gasteiger partial charge in [-0.15, -0.1) is 0 Å². The molecule has 6 heteroatoms. The highest BCUT2D eigenvalue weighted by Gasteiger charge is 2.16. The molecule has 1 aromatic rings. The first kappa shape index (κ1) is 15.3. The Kier molecular flexibility index (Phi) is 4.49. The van der Waals surface area contributed by atoms with Crippen molar-refractivity contribution in [3.8, 4) is 23.3 Å².